The highest BCUT2D eigenvalue weighted by atomic mass is 32.2. The van der Waals surface area contributed by atoms with Gasteiger partial charge >= 0.3 is 18.0 Å². The van der Waals surface area contributed by atoms with Crippen LogP contribution in [0.4, 0.5) is 4.79 Å². The Bertz CT molecular complexity index is 1230. The highest BCUT2D eigenvalue weighted by Crippen LogP contribution is 2.40. The van der Waals surface area contributed by atoms with Gasteiger partial charge in [-0.3, -0.25) is 24.3 Å². The summed E-state index contributed by atoms with van der Waals surface area (Å²) >= 11 is 1.21. The number of fused-ring (bicyclic) bond motifs is 1. The van der Waals surface area contributed by atoms with E-state index in [4.69, 9.17) is 32.5 Å². The Labute approximate surface area is 247 Å². The lowest BCUT2D eigenvalue weighted by Crippen LogP contribution is -2.71. The maximum Gasteiger partial charge on any atom is 0.404 e. The molecule has 21 heteroatoms. The van der Waals surface area contributed by atoms with Crippen LogP contribution in [0.15, 0.2) is 44.2 Å². The Morgan fingerprint density at radius 1 is 1.23 bits per heavy atom. The Morgan fingerprint density at radius 2 is 1.91 bits per heavy atom. The van der Waals surface area contributed by atoms with Crippen molar-refractivity contribution in [2.24, 2.45) is 33.1 Å². The van der Waals surface area contributed by atoms with Crippen LogP contribution < -0.4 is 28.3 Å². The van der Waals surface area contributed by atoms with Gasteiger partial charge in [0.15, 0.2) is 11.7 Å². The predicted octanol–water partition coefficient (Wildman–Crippen LogP) is -3.73. The van der Waals surface area contributed by atoms with E-state index in [2.05, 4.69) is 25.0 Å². The minimum Gasteiger partial charge on any atom is -0.480 e. The summed E-state index contributed by atoms with van der Waals surface area (Å²) in [6.07, 6.45) is 1.25. The molecule has 0 spiro atoms. The number of furan rings is 1. The van der Waals surface area contributed by atoms with Gasteiger partial charge < -0.3 is 63.4 Å². The minimum atomic E-state index is -1.35. The van der Waals surface area contributed by atoms with Crippen molar-refractivity contribution < 1.29 is 59.1 Å². The SMILES string of the molecule is CO/N=C(/C(=O)N[C@@H]1C(=O)N2C(C(=O)O)=C(COC(N)=O)CS[C@H]12)c1ccco1.NC(N)=NCCC[C@H](N)C(=O)O.O.O. The Hall–Kier alpha value is -4.86. The molecule has 43 heavy (non-hydrogen) atoms. The largest absolute Gasteiger partial charge is 0.480 e. The number of guanidine groups is 1. The van der Waals surface area contributed by atoms with E-state index in [1.165, 1.54) is 31.2 Å². The summed E-state index contributed by atoms with van der Waals surface area (Å²) in [5.74, 6) is -3.37. The highest BCUT2D eigenvalue weighted by molar-refractivity contribution is 8.00. The van der Waals surface area contributed by atoms with Crippen molar-refractivity contribution in [1.82, 2.24) is 10.2 Å². The molecule has 3 amide bonds. The van der Waals surface area contributed by atoms with E-state index in [1.54, 1.807) is 6.07 Å². The second-order valence-corrected chi connectivity index (χ2v) is 9.32. The number of carboxylic acid groups (broad SMARTS) is 2. The van der Waals surface area contributed by atoms with Crippen LogP contribution in [0, 0.1) is 0 Å². The molecule has 0 saturated carbocycles. The summed E-state index contributed by atoms with van der Waals surface area (Å²) in [5, 5.41) is 23.4. The molecular formula is C22H34N8O12S. The number of aliphatic carboxylic acids is 2. The first-order chi connectivity index (χ1) is 19.4. The van der Waals surface area contributed by atoms with Gasteiger partial charge in [0, 0.05) is 17.9 Å². The first-order valence-corrected chi connectivity index (χ1v) is 12.8. The number of β-lactam (4-membered cyclic amide) rings is 1. The van der Waals surface area contributed by atoms with Crippen LogP contribution in [0.1, 0.15) is 18.6 Å². The van der Waals surface area contributed by atoms with Gasteiger partial charge in [0.1, 0.15) is 36.9 Å². The van der Waals surface area contributed by atoms with Crippen LogP contribution in [0.2, 0.25) is 0 Å². The first kappa shape index (κ1) is 38.1. The number of carbonyl (C=O) groups is 5. The lowest BCUT2D eigenvalue weighted by molar-refractivity contribution is -0.150. The van der Waals surface area contributed by atoms with Gasteiger partial charge in [0.2, 0.25) is 5.71 Å². The maximum atomic E-state index is 12.6. The summed E-state index contributed by atoms with van der Waals surface area (Å²) in [6.45, 7) is 0.0734. The van der Waals surface area contributed by atoms with E-state index >= 15 is 0 Å². The van der Waals surface area contributed by atoms with E-state index in [-0.39, 0.29) is 52.0 Å². The molecule has 0 unspecified atom stereocenters. The van der Waals surface area contributed by atoms with Crippen molar-refractivity contribution in [3.63, 3.8) is 0 Å². The van der Waals surface area contributed by atoms with E-state index in [1.807, 2.05) is 0 Å². The summed E-state index contributed by atoms with van der Waals surface area (Å²) in [6, 6.07) is 1.26. The summed E-state index contributed by atoms with van der Waals surface area (Å²) in [5.41, 5.74) is 20.0. The number of ether oxygens (including phenoxy) is 1. The molecule has 0 aliphatic carbocycles. The van der Waals surface area contributed by atoms with Gasteiger partial charge in [-0.05, 0) is 25.0 Å². The van der Waals surface area contributed by atoms with Gasteiger partial charge in [-0.15, -0.1) is 11.8 Å². The molecule has 1 saturated heterocycles. The van der Waals surface area contributed by atoms with Crippen LogP contribution in [0.5, 0.6) is 0 Å². The number of carboxylic acids is 2. The number of thioether (sulfide) groups is 1. The van der Waals surface area contributed by atoms with Crippen molar-refractivity contribution in [2.45, 2.75) is 30.3 Å². The number of aliphatic imine (C=N–C) groups is 1. The number of amides is 3. The fourth-order valence-electron chi connectivity index (χ4n) is 3.51. The lowest BCUT2D eigenvalue weighted by atomic mass is 10.0. The zero-order valence-electron chi connectivity index (χ0n) is 22.7. The smallest absolute Gasteiger partial charge is 0.404 e. The number of carbonyl (C=O) groups excluding carboxylic acids is 3. The summed E-state index contributed by atoms with van der Waals surface area (Å²) in [7, 11) is 1.25. The van der Waals surface area contributed by atoms with E-state index in [0.717, 1.165) is 4.90 Å². The highest BCUT2D eigenvalue weighted by Gasteiger charge is 2.54. The second-order valence-electron chi connectivity index (χ2n) is 8.22. The molecule has 1 aromatic rings. The number of hydrogen-bond acceptors (Lipinski definition) is 12. The topological polar surface area (TPSA) is 364 Å². The average molecular weight is 635 g/mol. The number of nitrogens with one attached hydrogen (secondary N) is 1. The third kappa shape index (κ3) is 10.5. The van der Waals surface area contributed by atoms with E-state index < -0.39 is 47.3 Å². The van der Waals surface area contributed by atoms with Gasteiger partial charge in [-0.2, -0.15) is 0 Å². The van der Waals surface area contributed by atoms with Crippen molar-refractivity contribution in [3.05, 3.63) is 35.4 Å². The molecule has 3 atom stereocenters. The molecule has 0 aromatic carbocycles. The zero-order chi connectivity index (χ0) is 30.7. The molecule has 1 aromatic heterocycles. The molecular weight excluding hydrogens is 600 g/mol. The normalized spacial score (nSPS) is 17.7. The number of primary amides is 1. The Kier molecular flexibility index (Phi) is 15.8. The fraction of sp³-hybridized carbons (Fsp3) is 0.409. The zero-order valence-corrected chi connectivity index (χ0v) is 23.5. The standard InChI is InChI=1S/C16H16N4O8S.C6H14N4O2.2H2O/c1-26-19-9(8-3-2-4-27-8)12(21)18-10-13(22)20-11(15(23)24)7(5-28-16(17)25)6-29-14(10)20;7-4(5(11)12)2-1-3-10-6(8)9;;/h2-4,10,14H,5-6H2,1H3,(H2,17,25)(H,18,21)(H,23,24);4H,1-3,7H2,(H,11,12)(H4,8,9,10);2*1H2/b19-9+;;;/t10-,14-;4-;;/m10../s1. The number of oxime groups is 1. The second kappa shape index (κ2) is 17.8. The van der Waals surface area contributed by atoms with E-state index in [0.29, 0.717) is 19.4 Å². The average Bonchev–Trinajstić information content (AvgIpc) is 3.45. The van der Waals surface area contributed by atoms with E-state index in [9.17, 15) is 29.1 Å². The molecule has 0 bridgehead atoms. The number of nitrogens with zero attached hydrogens (tertiary/aromatic N) is 3. The molecule has 240 valence electrons. The molecule has 3 rings (SSSR count). The molecule has 20 nitrogen and oxygen atoms in total. The van der Waals surface area contributed by atoms with Crippen LogP contribution in [-0.4, -0.2) is 111 Å². The predicted molar refractivity (Wildman–Crippen MR) is 150 cm³/mol. The number of rotatable bonds is 12. The van der Waals surface area contributed by atoms with Crippen LogP contribution in [0.3, 0.4) is 0 Å². The van der Waals surface area contributed by atoms with Gasteiger partial charge in [-0.25, -0.2) is 9.59 Å². The molecule has 2 aliphatic rings. The van der Waals surface area contributed by atoms with Crippen molar-refractivity contribution in [2.75, 3.05) is 26.0 Å². The van der Waals surface area contributed by atoms with Gasteiger partial charge in [0.25, 0.3) is 11.8 Å². The van der Waals surface area contributed by atoms with Gasteiger partial charge in [0.05, 0.1) is 6.26 Å². The minimum absolute atomic E-state index is 0. The first-order valence-electron chi connectivity index (χ1n) is 11.7. The van der Waals surface area contributed by atoms with Crippen molar-refractivity contribution >= 4 is 53.3 Å². The summed E-state index contributed by atoms with van der Waals surface area (Å²) in [4.78, 5) is 67.2. The third-order valence-corrected chi connectivity index (χ3v) is 6.70. The Balaban J connectivity index is 0.00000108. The molecule has 0 radical (unpaired) electrons. The Morgan fingerprint density at radius 3 is 2.42 bits per heavy atom. The van der Waals surface area contributed by atoms with Crippen molar-refractivity contribution in [1.29, 1.82) is 0 Å². The molecule has 1 fully saturated rings. The molecule has 15 N–H and O–H groups in total. The molecule has 2 aliphatic heterocycles. The van der Waals surface area contributed by atoms with Crippen LogP contribution >= 0.6 is 11.8 Å². The number of nitrogens with two attached hydrogens (primary N) is 4. The fourth-order valence-corrected chi connectivity index (χ4v) is 4.84. The number of hydrogen-bond donors (Lipinski definition) is 7. The maximum absolute atomic E-state index is 12.6. The van der Waals surface area contributed by atoms with Crippen molar-refractivity contribution in [3.8, 4) is 0 Å². The lowest BCUT2D eigenvalue weighted by Gasteiger charge is -2.49. The van der Waals surface area contributed by atoms with Gasteiger partial charge in [-0.1, -0.05) is 5.16 Å². The third-order valence-electron chi connectivity index (χ3n) is 5.36. The van der Waals surface area contributed by atoms with Crippen LogP contribution in [0.25, 0.3) is 0 Å². The quantitative estimate of drug-likeness (QED) is 0.0382. The monoisotopic (exact) mass is 634 g/mol. The summed E-state index contributed by atoms with van der Waals surface area (Å²) < 4.78 is 9.79. The van der Waals surface area contributed by atoms with Crippen LogP contribution in [-0.2, 0) is 28.8 Å². The molecule has 3 heterocycles.